The number of nitrogens with one attached hydrogen (secondary N) is 1. The Labute approximate surface area is 174 Å². The Morgan fingerprint density at radius 1 is 1.21 bits per heavy atom. The van der Waals surface area contributed by atoms with E-state index in [1.54, 1.807) is 41.4 Å². The zero-order chi connectivity index (χ0) is 20.4. The number of hydrogen-bond donors (Lipinski definition) is 1. The monoisotopic (exact) mass is 414 g/mol. The number of hydrogen-bond acceptors (Lipinski definition) is 4. The second-order valence-corrected chi connectivity index (χ2v) is 7.71. The molecule has 4 rings (SSSR count). The van der Waals surface area contributed by atoms with E-state index in [0.29, 0.717) is 40.4 Å². The molecule has 2 fully saturated rings. The van der Waals surface area contributed by atoms with E-state index >= 15 is 0 Å². The fourth-order valence-electron chi connectivity index (χ4n) is 4.00. The largest absolute Gasteiger partial charge is 0.496 e. The molecule has 1 N–H and O–H groups in total. The molecule has 0 unspecified atom stereocenters. The van der Waals surface area contributed by atoms with Crippen molar-refractivity contribution in [3.63, 3.8) is 0 Å². The van der Waals surface area contributed by atoms with Crippen molar-refractivity contribution in [1.29, 1.82) is 0 Å². The van der Waals surface area contributed by atoms with Crippen molar-refractivity contribution in [3.8, 4) is 5.75 Å². The van der Waals surface area contributed by atoms with Gasteiger partial charge >= 0.3 is 6.03 Å². The lowest BCUT2D eigenvalue weighted by atomic mass is 10.2. The van der Waals surface area contributed by atoms with Crippen molar-refractivity contribution < 1.29 is 14.3 Å². The number of benzene rings is 1. The number of carbonyl (C=O) groups excluding carboxylic acids is 2. The highest BCUT2D eigenvalue weighted by atomic mass is 35.5. The van der Waals surface area contributed by atoms with Crippen molar-refractivity contribution in [3.05, 3.63) is 47.1 Å². The van der Waals surface area contributed by atoms with Gasteiger partial charge < -0.3 is 15.0 Å². The molecule has 8 heteroatoms. The Morgan fingerprint density at radius 2 is 2.00 bits per heavy atom. The van der Waals surface area contributed by atoms with Crippen LogP contribution in [0.4, 0.5) is 16.3 Å². The molecule has 0 atom stereocenters. The first-order valence-electron chi connectivity index (χ1n) is 9.76. The summed E-state index contributed by atoms with van der Waals surface area (Å²) in [5.41, 5.74) is 0.867. The molecule has 2 heterocycles. The number of methoxy groups -OCH3 is 1. The molecule has 1 aromatic heterocycles. The Bertz CT molecular complexity index is 913. The number of anilines is 2. The second kappa shape index (κ2) is 8.29. The zero-order valence-corrected chi connectivity index (χ0v) is 17.0. The lowest BCUT2D eigenvalue weighted by molar-refractivity contribution is 0.102. The normalized spacial score (nSPS) is 17.1. The Kier molecular flexibility index (Phi) is 5.58. The van der Waals surface area contributed by atoms with E-state index in [1.165, 1.54) is 20.0 Å². The van der Waals surface area contributed by atoms with E-state index in [0.717, 1.165) is 19.4 Å². The van der Waals surface area contributed by atoms with Crippen molar-refractivity contribution in [2.75, 3.05) is 30.4 Å². The van der Waals surface area contributed by atoms with Gasteiger partial charge in [0.25, 0.3) is 5.91 Å². The minimum Gasteiger partial charge on any atom is -0.496 e. The van der Waals surface area contributed by atoms with E-state index in [4.69, 9.17) is 16.3 Å². The summed E-state index contributed by atoms with van der Waals surface area (Å²) in [5, 5.41) is 3.24. The first kappa shape index (κ1) is 19.5. The fourth-order valence-corrected chi connectivity index (χ4v) is 4.17. The number of amides is 3. The van der Waals surface area contributed by atoms with Crippen LogP contribution in [0.15, 0.2) is 36.5 Å². The number of urea groups is 1. The summed E-state index contributed by atoms with van der Waals surface area (Å²) in [6.07, 6.45) is 6.11. The summed E-state index contributed by atoms with van der Waals surface area (Å²) in [5.74, 6) is 0.684. The van der Waals surface area contributed by atoms with Gasteiger partial charge in [-0.05, 0) is 43.2 Å². The van der Waals surface area contributed by atoms with Gasteiger partial charge in [-0.2, -0.15) is 0 Å². The van der Waals surface area contributed by atoms with Gasteiger partial charge in [-0.15, -0.1) is 0 Å². The average molecular weight is 415 g/mol. The van der Waals surface area contributed by atoms with E-state index in [1.807, 2.05) is 4.90 Å². The molecule has 1 aliphatic heterocycles. The number of halogens is 1. The van der Waals surface area contributed by atoms with Crippen molar-refractivity contribution in [2.24, 2.45) is 0 Å². The average Bonchev–Trinajstić information content (AvgIpc) is 3.38. The summed E-state index contributed by atoms with van der Waals surface area (Å²) in [4.78, 5) is 33.4. The number of rotatable bonds is 5. The second-order valence-electron chi connectivity index (χ2n) is 7.27. The molecule has 1 saturated carbocycles. The SMILES string of the molecule is COc1ccc(Cl)cc1C(=O)Nc1ccc(N2CCN(C3CCCC3)C2=O)nc1. The molecule has 0 radical (unpaired) electrons. The van der Waals surface area contributed by atoms with Gasteiger partial charge in [-0.3, -0.25) is 9.69 Å². The molecule has 29 heavy (non-hydrogen) atoms. The molecule has 3 amide bonds. The summed E-state index contributed by atoms with van der Waals surface area (Å²) in [6, 6.07) is 8.73. The Morgan fingerprint density at radius 3 is 2.69 bits per heavy atom. The predicted octanol–water partition coefficient (Wildman–Crippen LogP) is 4.18. The van der Waals surface area contributed by atoms with Crippen LogP contribution in [-0.2, 0) is 0 Å². The van der Waals surface area contributed by atoms with Gasteiger partial charge in [0.2, 0.25) is 0 Å². The number of ether oxygens (including phenoxy) is 1. The van der Waals surface area contributed by atoms with Crippen LogP contribution >= 0.6 is 11.6 Å². The highest BCUT2D eigenvalue weighted by molar-refractivity contribution is 6.31. The maximum atomic E-state index is 12.8. The van der Waals surface area contributed by atoms with Crippen molar-refractivity contribution in [2.45, 2.75) is 31.7 Å². The fraction of sp³-hybridized carbons (Fsp3) is 0.381. The summed E-state index contributed by atoms with van der Waals surface area (Å²) >= 11 is 6.00. The highest BCUT2D eigenvalue weighted by Crippen LogP contribution is 2.29. The molecular formula is C21H23ClN4O3. The molecule has 1 aliphatic carbocycles. The van der Waals surface area contributed by atoms with Gasteiger partial charge in [0.1, 0.15) is 11.6 Å². The van der Waals surface area contributed by atoms with Crippen LogP contribution in [0.25, 0.3) is 0 Å². The van der Waals surface area contributed by atoms with Crippen molar-refractivity contribution in [1.82, 2.24) is 9.88 Å². The number of aromatic nitrogens is 1. The zero-order valence-electron chi connectivity index (χ0n) is 16.2. The van der Waals surface area contributed by atoms with Crippen LogP contribution in [0.2, 0.25) is 5.02 Å². The number of carbonyl (C=O) groups is 2. The third-order valence-electron chi connectivity index (χ3n) is 5.50. The van der Waals surface area contributed by atoms with Crippen molar-refractivity contribution >= 4 is 35.0 Å². The van der Waals surface area contributed by atoms with Gasteiger partial charge in [0.05, 0.1) is 24.6 Å². The topological polar surface area (TPSA) is 74.8 Å². The molecule has 0 bridgehead atoms. The summed E-state index contributed by atoms with van der Waals surface area (Å²) < 4.78 is 5.23. The maximum Gasteiger partial charge on any atom is 0.326 e. The summed E-state index contributed by atoms with van der Waals surface area (Å²) in [6.45, 7) is 1.37. The van der Waals surface area contributed by atoms with Crippen LogP contribution in [-0.4, -0.2) is 48.1 Å². The number of pyridine rings is 1. The third kappa shape index (κ3) is 4.00. The van der Waals surface area contributed by atoms with Gasteiger partial charge in [-0.25, -0.2) is 9.78 Å². The smallest absolute Gasteiger partial charge is 0.326 e. The molecule has 0 spiro atoms. The van der Waals surface area contributed by atoms with Crippen LogP contribution < -0.4 is 15.0 Å². The standard InChI is InChI=1S/C21H23ClN4O3/c1-29-18-8-6-14(22)12-17(18)20(27)24-15-7-9-19(23-13-15)26-11-10-25(21(26)28)16-4-2-3-5-16/h6-9,12-13,16H,2-5,10-11H2,1H3,(H,24,27). The van der Waals surface area contributed by atoms with Crippen LogP contribution in [0.5, 0.6) is 5.75 Å². The first-order chi connectivity index (χ1) is 14.1. The van der Waals surface area contributed by atoms with Gasteiger partial charge in [0.15, 0.2) is 0 Å². The quantitative estimate of drug-likeness (QED) is 0.796. The molecular weight excluding hydrogens is 392 g/mol. The van der Waals surface area contributed by atoms with Gasteiger partial charge in [-0.1, -0.05) is 24.4 Å². The Hall–Kier alpha value is -2.80. The van der Waals surface area contributed by atoms with Gasteiger partial charge in [0, 0.05) is 24.2 Å². The summed E-state index contributed by atoms with van der Waals surface area (Å²) in [7, 11) is 1.50. The van der Waals surface area contributed by atoms with Crippen LogP contribution in [0.3, 0.4) is 0 Å². The molecule has 7 nitrogen and oxygen atoms in total. The highest BCUT2D eigenvalue weighted by Gasteiger charge is 2.36. The van der Waals surface area contributed by atoms with E-state index in [-0.39, 0.29) is 11.9 Å². The maximum absolute atomic E-state index is 12.8. The van der Waals surface area contributed by atoms with Crippen LogP contribution in [0.1, 0.15) is 36.0 Å². The molecule has 2 aromatic rings. The van der Waals surface area contributed by atoms with E-state index in [9.17, 15) is 9.59 Å². The predicted molar refractivity (Wildman–Crippen MR) is 112 cm³/mol. The lowest BCUT2D eigenvalue weighted by Crippen LogP contribution is -2.38. The Balaban J connectivity index is 1.44. The number of nitrogens with zero attached hydrogens (tertiary/aromatic N) is 3. The third-order valence-corrected chi connectivity index (χ3v) is 5.73. The minimum absolute atomic E-state index is 0.0184. The van der Waals surface area contributed by atoms with Crippen LogP contribution in [0, 0.1) is 0 Å². The molecule has 1 aromatic carbocycles. The van der Waals surface area contributed by atoms with E-state index < -0.39 is 0 Å². The lowest BCUT2D eigenvalue weighted by Gasteiger charge is -2.23. The molecule has 1 saturated heterocycles. The van der Waals surface area contributed by atoms with E-state index in [2.05, 4.69) is 10.3 Å². The molecule has 152 valence electrons. The minimum atomic E-state index is -0.344. The molecule has 2 aliphatic rings. The first-order valence-corrected chi connectivity index (χ1v) is 10.1.